The molecule has 0 spiro atoms. The van der Waals surface area contributed by atoms with Gasteiger partial charge in [-0.1, -0.05) is 0 Å². The van der Waals surface area contributed by atoms with Crippen molar-refractivity contribution in [3.63, 3.8) is 0 Å². The van der Waals surface area contributed by atoms with Crippen molar-refractivity contribution in [2.75, 3.05) is 152 Å². The number of H-pyrrole nitrogens is 6. The van der Waals surface area contributed by atoms with Gasteiger partial charge in [0.1, 0.15) is 51.0 Å². The maximum Gasteiger partial charge on any atom is 0.329 e. The number of nitrogens with one attached hydrogen (secondary N) is 14. The molecule has 15 amide bonds. The maximum atomic E-state index is 14.7. The summed E-state index contributed by atoms with van der Waals surface area (Å²) in [6.45, 7) is -7.66. The van der Waals surface area contributed by atoms with Gasteiger partial charge in [0.05, 0.1) is 39.3 Å². The minimum atomic E-state index is -1.27. The number of carbonyl (C=O) groups is 15. The van der Waals surface area contributed by atoms with Crippen LogP contribution in [0.25, 0.3) is 0 Å². The Labute approximate surface area is 762 Å². The van der Waals surface area contributed by atoms with Crippen molar-refractivity contribution in [3.8, 4) is 0 Å². The number of primary amides is 1. The monoisotopic (exact) mass is 1900 g/mol. The summed E-state index contributed by atoms with van der Waals surface area (Å²) in [6, 6.07) is -0.482. The summed E-state index contributed by atoms with van der Waals surface area (Å²) in [4.78, 5) is 377. The number of hydrogen-bond acceptors (Lipinski definition) is 29. The average molecular weight is 1900 g/mol. The van der Waals surface area contributed by atoms with Crippen LogP contribution in [0.15, 0.2) is 94.6 Å². The fraction of sp³-hybridized carbons (Fsp3) is 0.506. The second-order valence-electron chi connectivity index (χ2n) is 31.3. The molecular formula is C79H111N29O27. The molecular weight excluding hydrogens is 1790 g/mol. The van der Waals surface area contributed by atoms with Gasteiger partial charge in [0.15, 0.2) is 0 Å². The van der Waals surface area contributed by atoms with E-state index >= 15 is 0 Å². The zero-order valence-corrected chi connectivity index (χ0v) is 75.5. The van der Waals surface area contributed by atoms with Gasteiger partial charge in [-0.15, -0.1) is 0 Å². The molecule has 1 atom stereocenters. The molecule has 135 heavy (non-hydrogen) atoms. The number of hydrogen-bond donors (Lipinski definition) is 16. The molecule has 734 valence electrons. The van der Waals surface area contributed by atoms with E-state index in [1.54, 1.807) is 19.0 Å². The van der Waals surface area contributed by atoms with Crippen molar-refractivity contribution in [3.05, 3.63) is 196 Å². The molecule has 0 radical (unpaired) electrons. The quantitative estimate of drug-likeness (QED) is 0.0158. The Morgan fingerprint density at radius 1 is 0.341 bits per heavy atom. The third-order valence-electron chi connectivity index (χ3n) is 20.1. The first kappa shape index (κ1) is 108. The second kappa shape index (κ2) is 52.2. The summed E-state index contributed by atoms with van der Waals surface area (Å²) in [5.74, 6) is -14.1. The predicted molar refractivity (Wildman–Crippen MR) is 474 cm³/mol. The standard InChI is InChI=1S/C79H111N29O27/c1-46-29-103(74(130)91-68(46)124)40-61(117)97(22-15-82-51(6)109)34-55(111)83-16-23-98(62(118)41-104-30-47(2)69(125)92-75(104)131)35-56(112)84-17-24-99(63(119)42-105-31-48(3)70(126)93-76(105)132)36-57(113)86-19-26-101(66(122)45-108-53(28-54(110)90-79(108)135)73(129)88-14-11-21-96(7)8)38-59(115)85-18-25-100(64(120)43-106-32-49(4)71(127)94-77(106)133)37-58(114)87-20-27-102(39-60(116)89-52(67(81)123)12-9-10-13-80)65(121)44-107-33-50(5)72(128)95-78(107)134/h28-33,52H,9-27,34-45,80H2,1-8H3,(H2,81,123)(H,82,109)(H,83,111)(H,84,112)(H,85,115)(H,86,113)(H,87,114)(H,88,129)(H,89,116)(H,90,110,135)(H,91,124,130)(H,92,125,131)(H,93,126,132)(H,94,127,133)(H,95,128,134)/t52-/m0/s1. The summed E-state index contributed by atoms with van der Waals surface area (Å²) in [6.07, 6.45) is 6.63. The minimum Gasteiger partial charge on any atom is -0.368 e. The molecule has 0 aliphatic heterocycles. The van der Waals surface area contributed by atoms with Crippen LogP contribution >= 0.6 is 0 Å². The van der Waals surface area contributed by atoms with Crippen LogP contribution in [0.2, 0.25) is 0 Å². The predicted octanol–water partition coefficient (Wildman–Crippen LogP) is -14.7. The fourth-order valence-electron chi connectivity index (χ4n) is 12.8. The minimum absolute atomic E-state index is 0.000133. The topological polar surface area (TPSA) is 756 Å². The highest BCUT2D eigenvalue weighted by Gasteiger charge is 2.30. The molecule has 0 bridgehead atoms. The van der Waals surface area contributed by atoms with E-state index in [0.717, 1.165) is 89.3 Å². The van der Waals surface area contributed by atoms with Crippen LogP contribution in [0, 0.1) is 34.6 Å². The number of aromatic nitrogens is 12. The summed E-state index contributed by atoms with van der Waals surface area (Å²) in [5.41, 5.74) is -0.711. The number of rotatable bonds is 53. The van der Waals surface area contributed by atoms with Gasteiger partial charge in [0.2, 0.25) is 82.7 Å². The van der Waals surface area contributed by atoms with Crippen molar-refractivity contribution in [2.24, 2.45) is 11.5 Å². The molecule has 6 aromatic rings. The van der Waals surface area contributed by atoms with Crippen molar-refractivity contribution in [2.45, 2.75) is 113 Å². The van der Waals surface area contributed by atoms with Crippen LogP contribution < -0.4 is 121 Å². The Morgan fingerprint density at radius 2 is 0.615 bits per heavy atom. The van der Waals surface area contributed by atoms with Gasteiger partial charge >= 0.3 is 34.1 Å². The lowest BCUT2D eigenvalue weighted by Gasteiger charge is -2.26. The van der Waals surface area contributed by atoms with Crippen molar-refractivity contribution in [1.29, 1.82) is 0 Å². The van der Waals surface area contributed by atoms with Gasteiger partial charge in [-0.05, 0) is 87.5 Å². The van der Waals surface area contributed by atoms with Gasteiger partial charge in [-0.3, -0.25) is 158 Å². The van der Waals surface area contributed by atoms with Crippen LogP contribution in [-0.2, 0) is 106 Å². The van der Waals surface area contributed by atoms with E-state index < -0.39 is 312 Å². The van der Waals surface area contributed by atoms with Crippen LogP contribution in [0.1, 0.15) is 70.9 Å². The number of nitrogens with zero attached hydrogens (tertiary/aromatic N) is 13. The summed E-state index contributed by atoms with van der Waals surface area (Å²) in [7, 11) is 3.52. The first-order chi connectivity index (χ1) is 63.7. The van der Waals surface area contributed by atoms with Gasteiger partial charge in [0, 0.05) is 157 Å². The van der Waals surface area contributed by atoms with E-state index in [2.05, 4.69) is 47.5 Å². The highest BCUT2D eigenvalue weighted by molar-refractivity contribution is 5.94. The lowest BCUT2D eigenvalue weighted by molar-refractivity contribution is -0.138. The lowest BCUT2D eigenvalue weighted by atomic mass is 10.1. The van der Waals surface area contributed by atoms with Crippen LogP contribution in [0.5, 0.6) is 0 Å². The number of carbonyl (C=O) groups excluding carboxylic acids is 15. The number of aromatic amines is 6. The van der Waals surface area contributed by atoms with E-state index in [0.29, 0.717) is 30.4 Å². The van der Waals surface area contributed by atoms with Gasteiger partial charge in [-0.25, -0.2) is 28.8 Å². The Morgan fingerprint density at radius 3 is 0.881 bits per heavy atom. The maximum absolute atomic E-state index is 14.7. The zero-order valence-electron chi connectivity index (χ0n) is 75.5. The van der Waals surface area contributed by atoms with Crippen molar-refractivity contribution < 1.29 is 71.9 Å². The first-order valence-corrected chi connectivity index (χ1v) is 42.0. The normalized spacial score (nSPS) is 11.2. The fourth-order valence-corrected chi connectivity index (χ4v) is 12.8. The Bertz CT molecular complexity index is 6180. The Hall–Kier alpha value is -16.0. The van der Waals surface area contributed by atoms with Crippen LogP contribution in [-0.4, -0.2) is 338 Å². The third-order valence-corrected chi connectivity index (χ3v) is 20.1. The van der Waals surface area contributed by atoms with E-state index in [1.165, 1.54) is 41.5 Å². The Kier molecular flexibility index (Phi) is 41.7. The van der Waals surface area contributed by atoms with Crippen molar-refractivity contribution in [1.82, 2.24) is 134 Å². The molecule has 6 aromatic heterocycles. The molecule has 0 unspecified atom stereocenters. The first-order valence-electron chi connectivity index (χ1n) is 42.0. The molecule has 18 N–H and O–H groups in total. The number of unbranched alkanes of at least 4 members (excludes halogenated alkanes) is 1. The third kappa shape index (κ3) is 35.4. The highest BCUT2D eigenvalue weighted by Crippen LogP contribution is 2.06. The average Bonchev–Trinajstić information content (AvgIpc) is 0.811. The van der Waals surface area contributed by atoms with Gasteiger partial charge in [-0.2, -0.15) is 0 Å². The van der Waals surface area contributed by atoms with Crippen LogP contribution in [0.3, 0.4) is 0 Å². The number of aryl methyl sites for hydroxylation is 5. The largest absolute Gasteiger partial charge is 0.368 e. The molecule has 0 saturated heterocycles. The highest BCUT2D eigenvalue weighted by atomic mass is 16.2. The molecule has 56 nitrogen and oxygen atoms in total. The van der Waals surface area contributed by atoms with E-state index in [-0.39, 0.29) is 60.4 Å². The smallest absolute Gasteiger partial charge is 0.329 e. The zero-order chi connectivity index (χ0) is 100. The molecule has 0 aliphatic carbocycles. The second-order valence-corrected chi connectivity index (χ2v) is 31.3. The molecule has 6 rings (SSSR count). The molecule has 0 saturated carbocycles. The molecule has 0 aliphatic rings. The molecule has 0 aromatic carbocycles. The van der Waals surface area contributed by atoms with E-state index in [1.807, 2.05) is 24.9 Å². The van der Waals surface area contributed by atoms with Gasteiger partial charge in [0.25, 0.3) is 39.3 Å². The molecule has 6 heterocycles. The lowest BCUT2D eigenvalue weighted by Crippen LogP contribution is -2.51. The summed E-state index contributed by atoms with van der Waals surface area (Å²) in [5, 5.41) is 19.9. The van der Waals surface area contributed by atoms with Gasteiger partial charge < -0.3 is 88.3 Å². The van der Waals surface area contributed by atoms with Crippen LogP contribution in [0.4, 0.5) is 0 Å². The van der Waals surface area contributed by atoms with E-state index in [9.17, 15) is 129 Å². The molecule has 56 heteroatoms. The van der Waals surface area contributed by atoms with Crippen molar-refractivity contribution >= 4 is 88.6 Å². The summed E-state index contributed by atoms with van der Waals surface area (Å²) >= 11 is 0. The SMILES string of the molecule is CC(=O)NCCN(CC(=O)NCCN(CC(=O)NCCN(CC(=O)NCCN(CC(=O)NCCN(CC(=O)NCCN(CC(=O)N[C@@H](CCCCN)C(N)=O)C(=O)Cn1cc(C)c(=O)[nH]c1=O)C(=O)Cn1cc(C)c(=O)[nH]c1=O)C(=O)Cn1c(C(=O)NCCCN(C)C)cc(=O)[nH]c1=O)C(=O)Cn1cc(C)c(=O)[nH]c1=O)C(=O)Cn1cc(C)c(=O)[nH]c1=O)C(=O)Cn1cc(C)c(=O)[nH]c1=O. The molecule has 0 fully saturated rings. The van der Waals surface area contributed by atoms with E-state index in [4.69, 9.17) is 11.5 Å². The number of amides is 15. The number of nitrogens with two attached hydrogens (primary N) is 2. The Balaban J connectivity index is 1.24. The summed E-state index contributed by atoms with van der Waals surface area (Å²) < 4.78 is 4.71.